The molecule has 1 saturated heterocycles. The van der Waals surface area contributed by atoms with Crippen molar-refractivity contribution >= 4 is 29.9 Å². The van der Waals surface area contributed by atoms with Gasteiger partial charge in [0.25, 0.3) is 0 Å². The third-order valence-corrected chi connectivity index (χ3v) is 5.82. The Kier molecular flexibility index (Phi) is 11.4. The largest absolute Gasteiger partial charge is 0.379 e. The van der Waals surface area contributed by atoms with Gasteiger partial charge in [-0.2, -0.15) is 0 Å². The number of hydrogen-bond donors (Lipinski definition) is 2. The number of ether oxygens (including phenoxy) is 1. The van der Waals surface area contributed by atoms with Gasteiger partial charge in [0, 0.05) is 38.7 Å². The first-order chi connectivity index (χ1) is 15.1. The van der Waals surface area contributed by atoms with E-state index in [0.29, 0.717) is 38.2 Å². The number of nitrogens with one attached hydrogen (secondary N) is 2. The SMILES string of the molecule is CCC(CC)c1cc(CNC(=NC)NCC(c2cccc(F)c2)N2CCOCC2)on1.I. The van der Waals surface area contributed by atoms with Crippen molar-refractivity contribution in [2.45, 2.75) is 45.2 Å². The molecule has 0 radical (unpaired) electrons. The minimum Gasteiger partial charge on any atom is -0.379 e. The highest BCUT2D eigenvalue weighted by Gasteiger charge is 2.23. The molecule has 0 saturated carbocycles. The Labute approximate surface area is 207 Å². The fraction of sp³-hybridized carbons (Fsp3) is 0.565. The van der Waals surface area contributed by atoms with Gasteiger partial charge in [0.1, 0.15) is 5.82 Å². The van der Waals surface area contributed by atoms with E-state index >= 15 is 0 Å². The van der Waals surface area contributed by atoms with Gasteiger partial charge in [0.2, 0.25) is 0 Å². The zero-order valence-electron chi connectivity index (χ0n) is 19.1. The monoisotopic (exact) mass is 559 g/mol. The summed E-state index contributed by atoms with van der Waals surface area (Å²) in [6.45, 7) is 8.41. The lowest BCUT2D eigenvalue weighted by atomic mass is 9.99. The zero-order valence-corrected chi connectivity index (χ0v) is 21.5. The van der Waals surface area contributed by atoms with Crippen LogP contribution in [-0.4, -0.2) is 55.9 Å². The predicted octanol–water partition coefficient (Wildman–Crippen LogP) is 4.07. The molecule has 1 fully saturated rings. The number of aliphatic imine (C=N–C) groups is 1. The van der Waals surface area contributed by atoms with Crippen molar-refractivity contribution < 1.29 is 13.7 Å². The Morgan fingerprint density at radius 2 is 1.94 bits per heavy atom. The van der Waals surface area contributed by atoms with Crippen molar-refractivity contribution in [3.63, 3.8) is 0 Å². The van der Waals surface area contributed by atoms with E-state index in [1.807, 2.05) is 12.1 Å². The topological polar surface area (TPSA) is 74.9 Å². The van der Waals surface area contributed by atoms with Crippen LogP contribution < -0.4 is 10.6 Å². The number of morpholine rings is 1. The van der Waals surface area contributed by atoms with E-state index < -0.39 is 0 Å². The maximum Gasteiger partial charge on any atom is 0.191 e. The number of aromatic nitrogens is 1. The number of benzene rings is 1. The summed E-state index contributed by atoms with van der Waals surface area (Å²) in [5.41, 5.74) is 1.94. The summed E-state index contributed by atoms with van der Waals surface area (Å²) in [6, 6.07) is 8.83. The standard InChI is InChI=1S/C23H34FN5O2.HI/c1-4-17(5-2)21-14-20(31-28-21)15-26-23(25-3)27-16-22(29-9-11-30-12-10-29)18-7-6-8-19(24)13-18;/h6-8,13-14,17,22H,4-5,9-12,15-16H2,1-3H3,(H2,25,26,27);1H. The summed E-state index contributed by atoms with van der Waals surface area (Å²) in [5, 5.41) is 10.9. The summed E-state index contributed by atoms with van der Waals surface area (Å²) >= 11 is 0. The number of halogens is 2. The highest BCUT2D eigenvalue weighted by Crippen LogP contribution is 2.23. The van der Waals surface area contributed by atoms with Gasteiger partial charge in [-0.1, -0.05) is 31.1 Å². The van der Waals surface area contributed by atoms with Crippen molar-refractivity contribution in [1.82, 2.24) is 20.7 Å². The molecule has 32 heavy (non-hydrogen) atoms. The lowest BCUT2D eigenvalue weighted by Gasteiger charge is -2.35. The average Bonchev–Trinajstić information content (AvgIpc) is 3.26. The smallest absolute Gasteiger partial charge is 0.191 e. The molecular formula is C23H35FIN5O2. The molecule has 178 valence electrons. The van der Waals surface area contributed by atoms with E-state index in [9.17, 15) is 4.39 Å². The summed E-state index contributed by atoms with van der Waals surface area (Å²) < 4.78 is 24.8. The summed E-state index contributed by atoms with van der Waals surface area (Å²) in [4.78, 5) is 6.64. The number of guanidine groups is 1. The van der Waals surface area contributed by atoms with Gasteiger partial charge >= 0.3 is 0 Å². The zero-order chi connectivity index (χ0) is 22.1. The van der Waals surface area contributed by atoms with Crippen LogP contribution in [0.4, 0.5) is 4.39 Å². The quantitative estimate of drug-likeness (QED) is 0.274. The van der Waals surface area contributed by atoms with Crippen molar-refractivity contribution in [2.24, 2.45) is 4.99 Å². The number of nitrogens with zero attached hydrogens (tertiary/aromatic N) is 3. The molecule has 2 N–H and O–H groups in total. The van der Waals surface area contributed by atoms with E-state index in [1.54, 1.807) is 19.2 Å². The van der Waals surface area contributed by atoms with E-state index in [0.717, 1.165) is 42.9 Å². The first-order valence-corrected chi connectivity index (χ1v) is 11.1. The van der Waals surface area contributed by atoms with Crippen molar-refractivity contribution in [3.05, 3.63) is 53.2 Å². The normalized spacial score (nSPS) is 16.0. The maximum atomic E-state index is 13.9. The van der Waals surface area contributed by atoms with Gasteiger partial charge < -0.3 is 19.9 Å². The van der Waals surface area contributed by atoms with Crippen LogP contribution in [0, 0.1) is 5.82 Å². The van der Waals surface area contributed by atoms with Crippen LogP contribution in [0.1, 0.15) is 55.7 Å². The minimum absolute atomic E-state index is 0. The molecule has 9 heteroatoms. The molecule has 1 aromatic heterocycles. The van der Waals surface area contributed by atoms with Crippen LogP contribution in [0.25, 0.3) is 0 Å². The van der Waals surface area contributed by atoms with Crippen LogP contribution in [0.2, 0.25) is 0 Å². The Morgan fingerprint density at radius 1 is 1.19 bits per heavy atom. The molecular weight excluding hydrogens is 524 g/mol. The summed E-state index contributed by atoms with van der Waals surface area (Å²) in [6.07, 6.45) is 2.09. The second kappa shape index (κ2) is 13.7. The second-order valence-electron chi connectivity index (χ2n) is 7.76. The molecule has 7 nitrogen and oxygen atoms in total. The molecule has 0 aliphatic carbocycles. The Morgan fingerprint density at radius 3 is 2.59 bits per heavy atom. The molecule has 1 aliphatic heterocycles. The van der Waals surface area contributed by atoms with Gasteiger partial charge in [-0.15, -0.1) is 24.0 Å². The molecule has 0 spiro atoms. The maximum absolute atomic E-state index is 13.9. The lowest BCUT2D eigenvalue weighted by molar-refractivity contribution is 0.0169. The van der Waals surface area contributed by atoms with Crippen molar-refractivity contribution in [1.29, 1.82) is 0 Å². The van der Waals surface area contributed by atoms with E-state index in [2.05, 4.69) is 39.5 Å². The van der Waals surface area contributed by atoms with Gasteiger partial charge in [-0.25, -0.2) is 4.39 Å². The predicted molar refractivity (Wildman–Crippen MR) is 135 cm³/mol. The first-order valence-electron chi connectivity index (χ1n) is 11.1. The molecule has 1 aromatic carbocycles. The van der Waals surface area contributed by atoms with Gasteiger partial charge in [0.05, 0.1) is 31.5 Å². The summed E-state index contributed by atoms with van der Waals surface area (Å²) in [5.74, 6) is 1.64. The van der Waals surface area contributed by atoms with E-state index in [1.165, 1.54) is 6.07 Å². The van der Waals surface area contributed by atoms with Crippen LogP contribution in [0.5, 0.6) is 0 Å². The highest BCUT2D eigenvalue weighted by molar-refractivity contribution is 14.0. The molecule has 1 atom stereocenters. The fourth-order valence-electron chi connectivity index (χ4n) is 3.96. The molecule has 0 amide bonds. The fourth-order valence-corrected chi connectivity index (χ4v) is 3.96. The summed E-state index contributed by atoms with van der Waals surface area (Å²) in [7, 11) is 1.73. The Balaban J connectivity index is 0.00000363. The van der Waals surface area contributed by atoms with E-state index in [-0.39, 0.29) is 35.8 Å². The third-order valence-electron chi connectivity index (χ3n) is 5.82. The van der Waals surface area contributed by atoms with Crippen LogP contribution >= 0.6 is 24.0 Å². The first kappa shape index (κ1) is 26.5. The molecule has 2 heterocycles. The molecule has 0 bridgehead atoms. The Bertz CT molecular complexity index is 837. The minimum atomic E-state index is -0.225. The van der Waals surface area contributed by atoms with Crippen LogP contribution in [0.15, 0.2) is 39.8 Å². The molecule has 3 rings (SSSR count). The van der Waals surface area contributed by atoms with Crippen molar-refractivity contribution in [2.75, 3.05) is 39.9 Å². The Hall–Kier alpha value is -1.72. The lowest BCUT2D eigenvalue weighted by Crippen LogP contribution is -2.46. The van der Waals surface area contributed by atoms with Gasteiger partial charge in [-0.3, -0.25) is 9.89 Å². The second-order valence-corrected chi connectivity index (χ2v) is 7.76. The number of hydrogen-bond acceptors (Lipinski definition) is 5. The van der Waals surface area contributed by atoms with E-state index in [4.69, 9.17) is 9.26 Å². The van der Waals surface area contributed by atoms with Crippen molar-refractivity contribution in [3.8, 4) is 0 Å². The molecule has 1 unspecified atom stereocenters. The number of rotatable bonds is 9. The van der Waals surface area contributed by atoms with Gasteiger partial charge in [0.15, 0.2) is 11.7 Å². The van der Waals surface area contributed by atoms with Crippen LogP contribution in [0.3, 0.4) is 0 Å². The molecule has 1 aliphatic rings. The third kappa shape index (κ3) is 7.41. The van der Waals surface area contributed by atoms with Gasteiger partial charge in [-0.05, 0) is 30.5 Å². The highest BCUT2D eigenvalue weighted by atomic mass is 127. The van der Waals surface area contributed by atoms with Crippen LogP contribution in [-0.2, 0) is 11.3 Å². The average molecular weight is 559 g/mol. The molecule has 2 aromatic rings.